The Labute approximate surface area is 149 Å². The van der Waals surface area contributed by atoms with Crippen molar-refractivity contribution in [3.05, 3.63) is 58.9 Å². The highest BCUT2D eigenvalue weighted by atomic mass is 19.1. The summed E-state index contributed by atoms with van der Waals surface area (Å²) in [5, 5.41) is 8.34. The Morgan fingerprint density at radius 1 is 1.12 bits per heavy atom. The average Bonchev–Trinajstić information content (AvgIpc) is 2.60. The van der Waals surface area contributed by atoms with E-state index in [1.54, 1.807) is 18.2 Å². The number of halogens is 1. The van der Waals surface area contributed by atoms with Crippen LogP contribution in [0.3, 0.4) is 0 Å². The van der Waals surface area contributed by atoms with Crippen molar-refractivity contribution in [2.75, 3.05) is 13.6 Å². The molecule has 1 atom stereocenters. The van der Waals surface area contributed by atoms with E-state index >= 15 is 0 Å². The van der Waals surface area contributed by atoms with E-state index in [1.807, 2.05) is 39.1 Å². The molecule has 0 amide bonds. The summed E-state index contributed by atoms with van der Waals surface area (Å²) in [6, 6.07) is 10.4. The van der Waals surface area contributed by atoms with Crippen LogP contribution in [0.5, 0.6) is 0 Å². The molecule has 4 nitrogen and oxygen atoms in total. The number of aryl methyl sites for hydroxylation is 2. The van der Waals surface area contributed by atoms with E-state index in [0.29, 0.717) is 0 Å². The fraction of sp³-hybridized carbons (Fsp3) is 0.350. The van der Waals surface area contributed by atoms with Gasteiger partial charge < -0.3 is 4.90 Å². The van der Waals surface area contributed by atoms with E-state index in [0.717, 1.165) is 28.9 Å². The minimum Gasteiger partial charge on any atom is -0.366 e. The molecule has 5 heteroatoms. The first-order chi connectivity index (χ1) is 11.9. The summed E-state index contributed by atoms with van der Waals surface area (Å²) in [6.07, 6.45) is 1.84. The van der Waals surface area contributed by atoms with Crippen LogP contribution < -0.4 is 0 Å². The van der Waals surface area contributed by atoms with E-state index in [-0.39, 0.29) is 17.5 Å². The zero-order valence-electron chi connectivity index (χ0n) is 15.5. The van der Waals surface area contributed by atoms with Crippen LogP contribution in [-0.2, 0) is 0 Å². The van der Waals surface area contributed by atoms with Crippen molar-refractivity contribution in [2.24, 2.45) is 15.2 Å². The van der Waals surface area contributed by atoms with Crippen LogP contribution in [-0.4, -0.2) is 24.8 Å². The molecule has 25 heavy (non-hydrogen) atoms. The molecule has 0 bridgehead atoms. The summed E-state index contributed by atoms with van der Waals surface area (Å²) >= 11 is 0. The number of rotatable bonds is 6. The molecule has 132 valence electrons. The minimum absolute atomic E-state index is 0.158. The van der Waals surface area contributed by atoms with Crippen LogP contribution in [0.2, 0.25) is 0 Å². The van der Waals surface area contributed by atoms with Crippen LogP contribution in [0.4, 0.5) is 15.8 Å². The predicted molar refractivity (Wildman–Crippen MR) is 102 cm³/mol. The largest absolute Gasteiger partial charge is 0.366 e. The van der Waals surface area contributed by atoms with Crippen molar-refractivity contribution in [3.8, 4) is 0 Å². The van der Waals surface area contributed by atoms with Crippen molar-refractivity contribution in [1.82, 2.24) is 4.90 Å². The lowest BCUT2D eigenvalue weighted by molar-refractivity contribution is 0.552. The van der Waals surface area contributed by atoms with Crippen LogP contribution in [0.25, 0.3) is 0 Å². The van der Waals surface area contributed by atoms with Crippen molar-refractivity contribution in [2.45, 2.75) is 33.7 Å². The summed E-state index contributed by atoms with van der Waals surface area (Å²) < 4.78 is 13.6. The molecule has 2 aromatic rings. The van der Waals surface area contributed by atoms with Gasteiger partial charge in [0.1, 0.15) is 5.69 Å². The van der Waals surface area contributed by atoms with E-state index in [9.17, 15) is 4.39 Å². The van der Waals surface area contributed by atoms with Crippen molar-refractivity contribution in [1.29, 1.82) is 0 Å². The maximum absolute atomic E-state index is 13.6. The Hall–Kier alpha value is -2.56. The second-order valence-electron chi connectivity index (χ2n) is 6.16. The highest BCUT2D eigenvalue weighted by molar-refractivity contribution is 5.64. The Morgan fingerprint density at radius 3 is 2.52 bits per heavy atom. The predicted octanol–water partition coefficient (Wildman–Crippen LogP) is 5.90. The van der Waals surface area contributed by atoms with Gasteiger partial charge in [-0.2, -0.15) is 10.2 Å². The molecular formula is C20H25FN4. The number of azo groups is 1. The van der Waals surface area contributed by atoms with Gasteiger partial charge in [0.2, 0.25) is 0 Å². The van der Waals surface area contributed by atoms with Gasteiger partial charge in [0.05, 0.1) is 18.1 Å². The first-order valence-corrected chi connectivity index (χ1v) is 8.43. The third-order valence-corrected chi connectivity index (χ3v) is 4.12. The SMILES string of the molecule is CCN(C)C=Nc1cc(C)c(C(C)N=Nc2ccccc2F)cc1C. The molecule has 2 rings (SSSR count). The fourth-order valence-corrected chi connectivity index (χ4v) is 2.40. The van der Waals surface area contributed by atoms with Crippen LogP contribution in [0.1, 0.15) is 36.6 Å². The molecule has 0 N–H and O–H groups in total. The van der Waals surface area contributed by atoms with E-state index in [4.69, 9.17) is 0 Å². The molecule has 0 spiro atoms. The third kappa shape index (κ3) is 4.95. The lowest BCUT2D eigenvalue weighted by atomic mass is 9.99. The topological polar surface area (TPSA) is 40.3 Å². The molecular weight excluding hydrogens is 315 g/mol. The second kappa shape index (κ2) is 8.51. The van der Waals surface area contributed by atoms with Gasteiger partial charge in [0.15, 0.2) is 5.82 Å². The number of benzene rings is 2. The zero-order chi connectivity index (χ0) is 18.4. The van der Waals surface area contributed by atoms with Crippen LogP contribution >= 0.6 is 0 Å². The zero-order valence-corrected chi connectivity index (χ0v) is 15.5. The summed E-state index contributed by atoms with van der Waals surface area (Å²) in [5.74, 6) is -0.365. The summed E-state index contributed by atoms with van der Waals surface area (Å²) in [5.41, 5.74) is 4.44. The van der Waals surface area contributed by atoms with Gasteiger partial charge in [0, 0.05) is 13.6 Å². The molecule has 0 saturated heterocycles. The smallest absolute Gasteiger partial charge is 0.150 e. The first kappa shape index (κ1) is 18.8. The lowest BCUT2D eigenvalue weighted by Gasteiger charge is -2.13. The highest BCUT2D eigenvalue weighted by Crippen LogP contribution is 2.29. The molecule has 0 heterocycles. The quantitative estimate of drug-likeness (QED) is 0.367. The highest BCUT2D eigenvalue weighted by Gasteiger charge is 2.11. The van der Waals surface area contributed by atoms with Crippen molar-refractivity contribution >= 4 is 17.7 Å². The third-order valence-electron chi connectivity index (χ3n) is 4.12. The molecule has 0 aliphatic heterocycles. The minimum atomic E-state index is -0.365. The maximum Gasteiger partial charge on any atom is 0.150 e. The lowest BCUT2D eigenvalue weighted by Crippen LogP contribution is -2.14. The van der Waals surface area contributed by atoms with E-state index in [2.05, 4.69) is 34.3 Å². The van der Waals surface area contributed by atoms with Gasteiger partial charge >= 0.3 is 0 Å². The van der Waals surface area contributed by atoms with E-state index < -0.39 is 0 Å². The van der Waals surface area contributed by atoms with Crippen LogP contribution in [0.15, 0.2) is 51.6 Å². The average molecular weight is 340 g/mol. The summed E-state index contributed by atoms with van der Waals surface area (Å²) in [7, 11) is 1.99. The van der Waals surface area contributed by atoms with Gasteiger partial charge in [-0.15, -0.1) is 0 Å². The van der Waals surface area contributed by atoms with Gasteiger partial charge in [0.25, 0.3) is 0 Å². The molecule has 1 unspecified atom stereocenters. The number of hydrogen-bond donors (Lipinski definition) is 0. The molecule has 0 fully saturated rings. The van der Waals surface area contributed by atoms with Crippen molar-refractivity contribution in [3.63, 3.8) is 0 Å². The molecule has 2 aromatic carbocycles. The molecule has 0 radical (unpaired) electrons. The van der Waals surface area contributed by atoms with Gasteiger partial charge in [-0.05, 0) is 62.6 Å². The molecule has 0 aliphatic rings. The Balaban J connectivity index is 2.23. The first-order valence-electron chi connectivity index (χ1n) is 8.43. The Morgan fingerprint density at radius 2 is 1.84 bits per heavy atom. The normalized spacial score (nSPS) is 12.9. The Kier molecular flexibility index (Phi) is 6.39. The Bertz CT molecular complexity index is 783. The van der Waals surface area contributed by atoms with E-state index in [1.165, 1.54) is 6.07 Å². The van der Waals surface area contributed by atoms with Crippen molar-refractivity contribution < 1.29 is 4.39 Å². The van der Waals surface area contributed by atoms with Gasteiger partial charge in [-0.3, -0.25) is 0 Å². The van der Waals surface area contributed by atoms with Crippen LogP contribution in [0, 0.1) is 19.7 Å². The monoisotopic (exact) mass is 340 g/mol. The molecule has 0 saturated carbocycles. The molecule has 0 aliphatic carbocycles. The molecule has 0 aromatic heterocycles. The number of aliphatic imine (C=N–C) groups is 1. The number of nitrogens with zero attached hydrogens (tertiary/aromatic N) is 4. The maximum atomic E-state index is 13.6. The van der Waals surface area contributed by atoms with Gasteiger partial charge in [-0.25, -0.2) is 9.38 Å². The summed E-state index contributed by atoms with van der Waals surface area (Å²) in [6.45, 7) is 9.01. The standard InChI is InChI=1S/C20H25FN4/c1-6-25(5)13-22-20-12-14(2)17(11-15(20)3)16(4)23-24-19-10-8-7-9-18(19)21/h7-13,16H,6H2,1-5H3. The fourth-order valence-electron chi connectivity index (χ4n) is 2.40. The second-order valence-corrected chi connectivity index (χ2v) is 6.16. The number of hydrogen-bond acceptors (Lipinski definition) is 3. The summed E-state index contributed by atoms with van der Waals surface area (Å²) in [4.78, 5) is 6.56. The van der Waals surface area contributed by atoms with Gasteiger partial charge in [-0.1, -0.05) is 18.2 Å².